The molecule has 21 heavy (non-hydrogen) atoms. The average molecular weight is 296 g/mol. The van der Waals surface area contributed by atoms with E-state index in [9.17, 15) is 10.1 Å². The van der Waals surface area contributed by atoms with Gasteiger partial charge in [-0.2, -0.15) is 0 Å². The van der Waals surface area contributed by atoms with E-state index < -0.39 is 0 Å². The molecule has 0 spiro atoms. The molecule has 2 aromatic carbocycles. The van der Waals surface area contributed by atoms with Crippen LogP contribution in [0.4, 0.5) is 5.69 Å². The maximum absolute atomic E-state index is 11.0. The number of rotatable bonds is 3. The summed E-state index contributed by atoms with van der Waals surface area (Å²) >= 11 is 1.57. The summed E-state index contributed by atoms with van der Waals surface area (Å²) in [5.74, 6) is 0. The Morgan fingerprint density at radius 2 is 2.00 bits per heavy atom. The maximum Gasteiger partial charge on any atom is 0.276 e. The molecule has 0 aliphatic heterocycles. The number of nitro groups is 1. The summed E-state index contributed by atoms with van der Waals surface area (Å²) < 4.78 is 1.11. The SMILES string of the molecule is Cc1ccc2sc(C=Cc3ccccc3[N+](=O)[O-])nc2c1. The van der Waals surface area contributed by atoms with Gasteiger partial charge in [-0.05, 0) is 42.8 Å². The molecule has 1 heterocycles. The molecule has 0 saturated carbocycles. The number of aromatic nitrogens is 1. The monoisotopic (exact) mass is 296 g/mol. The molecule has 4 nitrogen and oxygen atoms in total. The first-order valence-electron chi connectivity index (χ1n) is 6.42. The minimum atomic E-state index is -0.374. The number of aryl methyl sites for hydroxylation is 1. The van der Waals surface area contributed by atoms with Crippen molar-refractivity contribution in [2.75, 3.05) is 0 Å². The van der Waals surface area contributed by atoms with Crippen LogP contribution in [0.25, 0.3) is 22.4 Å². The van der Waals surface area contributed by atoms with Crippen LogP contribution in [0.1, 0.15) is 16.1 Å². The third kappa shape index (κ3) is 2.83. The van der Waals surface area contributed by atoms with E-state index in [-0.39, 0.29) is 10.6 Å². The number of hydrogen-bond acceptors (Lipinski definition) is 4. The summed E-state index contributed by atoms with van der Waals surface area (Å²) in [5, 5.41) is 11.8. The molecule has 0 bridgehead atoms. The predicted octanol–water partition coefficient (Wildman–Crippen LogP) is 4.68. The molecule has 0 unspecified atom stereocenters. The maximum atomic E-state index is 11.0. The van der Waals surface area contributed by atoms with Gasteiger partial charge in [-0.3, -0.25) is 10.1 Å². The van der Waals surface area contributed by atoms with Crippen molar-refractivity contribution in [2.45, 2.75) is 6.92 Å². The van der Waals surface area contributed by atoms with E-state index in [1.807, 2.05) is 25.1 Å². The van der Waals surface area contributed by atoms with Crippen LogP contribution >= 0.6 is 11.3 Å². The van der Waals surface area contributed by atoms with Crippen LogP contribution < -0.4 is 0 Å². The van der Waals surface area contributed by atoms with Gasteiger partial charge in [-0.1, -0.05) is 18.2 Å². The van der Waals surface area contributed by atoms with E-state index in [0.29, 0.717) is 5.56 Å². The van der Waals surface area contributed by atoms with Gasteiger partial charge in [0.2, 0.25) is 0 Å². The minimum Gasteiger partial charge on any atom is -0.258 e. The number of thiazole rings is 1. The van der Waals surface area contributed by atoms with E-state index in [2.05, 4.69) is 11.1 Å². The van der Waals surface area contributed by atoms with Crippen LogP contribution in [0, 0.1) is 17.0 Å². The Morgan fingerprint density at radius 3 is 2.81 bits per heavy atom. The van der Waals surface area contributed by atoms with Crippen LogP contribution in [0.5, 0.6) is 0 Å². The van der Waals surface area contributed by atoms with E-state index in [1.165, 1.54) is 11.6 Å². The number of hydrogen-bond donors (Lipinski definition) is 0. The summed E-state index contributed by atoms with van der Waals surface area (Å²) in [6.07, 6.45) is 3.56. The highest BCUT2D eigenvalue weighted by molar-refractivity contribution is 7.19. The molecule has 0 amide bonds. The Morgan fingerprint density at radius 1 is 1.19 bits per heavy atom. The van der Waals surface area contributed by atoms with Gasteiger partial charge >= 0.3 is 0 Å². The van der Waals surface area contributed by atoms with Gasteiger partial charge < -0.3 is 0 Å². The first-order valence-corrected chi connectivity index (χ1v) is 7.24. The van der Waals surface area contributed by atoms with Crippen LogP contribution in [-0.2, 0) is 0 Å². The highest BCUT2D eigenvalue weighted by Gasteiger charge is 2.09. The van der Waals surface area contributed by atoms with Gasteiger partial charge in [0.25, 0.3) is 5.69 Å². The quantitative estimate of drug-likeness (QED) is 0.520. The van der Waals surface area contributed by atoms with Crippen molar-refractivity contribution in [1.82, 2.24) is 4.98 Å². The summed E-state index contributed by atoms with van der Waals surface area (Å²) in [7, 11) is 0. The fourth-order valence-corrected chi connectivity index (χ4v) is 2.93. The van der Waals surface area contributed by atoms with Crippen LogP contribution in [0.15, 0.2) is 42.5 Å². The van der Waals surface area contributed by atoms with E-state index in [1.54, 1.807) is 35.6 Å². The first-order chi connectivity index (χ1) is 10.1. The molecule has 0 N–H and O–H groups in total. The molecule has 0 fully saturated rings. The van der Waals surface area contributed by atoms with Gasteiger partial charge in [0.15, 0.2) is 0 Å². The number of para-hydroxylation sites is 1. The largest absolute Gasteiger partial charge is 0.276 e. The van der Waals surface area contributed by atoms with Crippen molar-refractivity contribution in [3.63, 3.8) is 0 Å². The summed E-state index contributed by atoms with van der Waals surface area (Å²) in [6, 6.07) is 12.8. The van der Waals surface area contributed by atoms with Crippen LogP contribution in [0.2, 0.25) is 0 Å². The standard InChI is InChI=1S/C16H12N2O2S/c1-11-6-8-15-13(10-11)17-16(21-15)9-7-12-4-2-3-5-14(12)18(19)20/h2-10H,1H3. The van der Waals surface area contributed by atoms with Gasteiger partial charge in [0.05, 0.1) is 20.7 Å². The van der Waals surface area contributed by atoms with E-state index in [4.69, 9.17) is 0 Å². The predicted molar refractivity (Wildman–Crippen MR) is 86.4 cm³/mol. The van der Waals surface area contributed by atoms with Crippen molar-refractivity contribution in [2.24, 2.45) is 0 Å². The molecule has 0 radical (unpaired) electrons. The van der Waals surface area contributed by atoms with Crippen molar-refractivity contribution in [1.29, 1.82) is 0 Å². The van der Waals surface area contributed by atoms with Gasteiger partial charge in [0.1, 0.15) is 5.01 Å². The molecule has 0 aliphatic carbocycles. The number of nitro benzene ring substituents is 1. The zero-order valence-electron chi connectivity index (χ0n) is 11.3. The lowest BCUT2D eigenvalue weighted by Crippen LogP contribution is -1.90. The topological polar surface area (TPSA) is 56.0 Å². The van der Waals surface area contributed by atoms with Gasteiger partial charge in [-0.15, -0.1) is 11.3 Å². The summed E-state index contributed by atoms with van der Waals surface area (Å²) in [4.78, 5) is 15.1. The first kappa shape index (κ1) is 13.5. The minimum absolute atomic E-state index is 0.103. The van der Waals surface area contributed by atoms with E-state index in [0.717, 1.165) is 15.2 Å². The van der Waals surface area contributed by atoms with Crippen molar-refractivity contribution < 1.29 is 4.92 Å². The Kier molecular flexibility index (Phi) is 3.50. The van der Waals surface area contributed by atoms with Crippen molar-refractivity contribution in [3.8, 4) is 0 Å². The smallest absolute Gasteiger partial charge is 0.258 e. The summed E-state index contributed by atoms with van der Waals surface area (Å²) in [5.41, 5.74) is 2.81. The second-order valence-corrected chi connectivity index (χ2v) is 5.73. The highest BCUT2D eigenvalue weighted by atomic mass is 32.1. The second kappa shape index (κ2) is 5.46. The molecule has 5 heteroatoms. The molecular weight excluding hydrogens is 284 g/mol. The Balaban J connectivity index is 1.96. The lowest BCUT2D eigenvalue weighted by molar-refractivity contribution is -0.385. The molecule has 3 aromatic rings. The third-order valence-corrected chi connectivity index (χ3v) is 4.10. The zero-order valence-corrected chi connectivity index (χ0v) is 12.1. The van der Waals surface area contributed by atoms with Gasteiger partial charge in [-0.25, -0.2) is 4.98 Å². The molecule has 1 aromatic heterocycles. The summed E-state index contributed by atoms with van der Waals surface area (Å²) in [6.45, 7) is 2.03. The lowest BCUT2D eigenvalue weighted by atomic mass is 10.1. The lowest BCUT2D eigenvalue weighted by Gasteiger charge is -1.95. The van der Waals surface area contributed by atoms with Crippen LogP contribution in [-0.4, -0.2) is 9.91 Å². The van der Waals surface area contributed by atoms with Crippen molar-refractivity contribution >= 4 is 39.4 Å². The van der Waals surface area contributed by atoms with Crippen LogP contribution in [0.3, 0.4) is 0 Å². The number of fused-ring (bicyclic) bond motifs is 1. The highest BCUT2D eigenvalue weighted by Crippen LogP contribution is 2.26. The normalized spacial score (nSPS) is 11.3. The van der Waals surface area contributed by atoms with Crippen molar-refractivity contribution in [3.05, 3.63) is 68.7 Å². The molecule has 0 aliphatic rings. The number of benzene rings is 2. The van der Waals surface area contributed by atoms with E-state index >= 15 is 0 Å². The molecule has 0 atom stereocenters. The van der Waals surface area contributed by atoms with Gasteiger partial charge in [0, 0.05) is 6.07 Å². The third-order valence-electron chi connectivity index (χ3n) is 3.10. The molecule has 0 saturated heterocycles. The fourth-order valence-electron chi connectivity index (χ4n) is 2.08. The molecular formula is C16H12N2O2S. The fraction of sp³-hybridized carbons (Fsp3) is 0.0625. The zero-order chi connectivity index (χ0) is 14.8. The molecule has 104 valence electrons. The Hall–Kier alpha value is -2.53. The number of nitrogens with zero attached hydrogens (tertiary/aromatic N) is 2. The second-order valence-electron chi connectivity index (χ2n) is 4.67. The average Bonchev–Trinajstić information content (AvgIpc) is 2.87. The molecule has 3 rings (SSSR count). The Labute approximate surface area is 125 Å². The Bertz CT molecular complexity index is 852.